The molecule has 1 aromatic carbocycles. The molecule has 2 aromatic rings. The Labute approximate surface area is 115 Å². The number of hydrogen-bond donors (Lipinski definition) is 1. The van der Waals surface area contributed by atoms with Gasteiger partial charge in [-0.05, 0) is 12.1 Å². The molecular weight excluding hydrogens is 264 g/mol. The minimum atomic E-state index is -1.63. The summed E-state index contributed by atoms with van der Waals surface area (Å²) in [6.45, 7) is 0. The number of oxazole rings is 1. The molecule has 0 saturated heterocycles. The highest BCUT2D eigenvalue weighted by Gasteiger charge is 2.37. The molecule has 0 aliphatic heterocycles. The van der Waals surface area contributed by atoms with Gasteiger partial charge in [0.15, 0.2) is 12.2 Å². The van der Waals surface area contributed by atoms with Crippen LogP contribution in [0.1, 0.15) is 5.56 Å². The molecule has 0 bridgehead atoms. The van der Waals surface area contributed by atoms with Crippen molar-refractivity contribution >= 4 is 11.9 Å². The monoisotopic (exact) mass is 278 g/mol. The summed E-state index contributed by atoms with van der Waals surface area (Å²) in [6.07, 6.45) is 1.67. The van der Waals surface area contributed by atoms with E-state index in [2.05, 4.69) is 10.3 Å². The van der Waals surface area contributed by atoms with E-state index >= 15 is 0 Å². The molecule has 0 aliphatic rings. The molecule has 20 heavy (non-hydrogen) atoms. The van der Waals surface area contributed by atoms with Gasteiger partial charge in [-0.1, -0.05) is 18.2 Å². The van der Waals surface area contributed by atoms with Crippen molar-refractivity contribution in [3.8, 4) is 0 Å². The maximum atomic E-state index is 11.8. The van der Waals surface area contributed by atoms with Crippen LogP contribution in [0.25, 0.3) is 0 Å². The average Bonchev–Trinajstić information content (AvgIpc) is 2.98. The summed E-state index contributed by atoms with van der Waals surface area (Å²) in [4.78, 5) is 15.6. The van der Waals surface area contributed by atoms with Gasteiger partial charge in [0.1, 0.15) is 6.26 Å². The van der Waals surface area contributed by atoms with E-state index in [1.54, 1.807) is 24.3 Å². The summed E-state index contributed by atoms with van der Waals surface area (Å²) < 4.78 is 20.4. The van der Waals surface area contributed by atoms with E-state index in [1.165, 1.54) is 26.9 Å². The number of ether oxygens (including phenoxy) is 3. The summed E-state index contributed by atoms with van der Waals surface area (Å²) in [5, 5.41) is 2.39. The largest absolute Gasteiger partial charge is 0.449 e. The molecule has 0 radical (unpaired) electrons. The lowest BCUT2D eigenvalue weighted by atomic mass is 10.2. The third-order valence-electron chi connectivity index (χ3n) is 2.55. The Bertz CT molecular complexity index is 537. The third-order valence-corrected chi connectivity index (χ3v) is 2.55. The first kappa shape index (κ1) is 14.0. The normalized spacial score (nSPS) is 11.1. The summed E-state index contributed by atoms with van der Waals surface area (Å²) in [6, 6.07) is 8.82. The van der Waals surface area contributed by atoms with Crippen molar-refractivity contribution < 1.29 is 23.4 Å². The van der Waals surface area contributed by atoms with Crippen LogP contribution in [0.3, 0.4) is 0 Å². The maximum absolute atomic E-state index is 11.8. The SMILES string of the molecule is COC(OC)(OC(=O)Nc1cocn1)c1ccccc1. The molecule has 2 rings (SSSR count). The Hall–Kier alpha value is -2.38. The molecule has 0 fully saturated rings. The molecule has 0 atom stereocenters. The topological polar surface area (TPSA) is 82.8 Å². The van der Waals surface area contributed by atoms with Crippen LogP contribution in [0, 0.1) is 0 Å². The fraction of sp³-hybridized carbons (Fsp3) is 0.231. The second-order valence-electron chi connectivity index (χ2n) is 3.72. The van der Waals surface area contributed by atoms with E-state index < -0.39 is 12.1 Å². The van der Waals surface area contributed by atoms with Crippen LogP contribution in [0.4, 0.5) is 10.6 Å². The van der Waals surface area contributed by atoms with E-state index in [4.69, 9.17) is 18.6 Å². The molecule has 0 spiro atoms. The van der Waals surface area contributed by atoms with Crippen LogP contribution in [0.2, 0.25) is 0 Å². The highest BCUT2D eigenvalue weighted by molar-refractivity contribution is 5.83. The van der Waals surface area contributed by atoms with Crippen LogP contribution in [-0.4, -0.2) is 25.3 Å². The van der Waals surface area contributed by atoms with Crippen molar-refractivity contribution in [2.24, 2.45) is 0 Å². The second kappa shape index (κ2) is 6.18. The number of aromatic nitrogens is 1. The highest BCUT2D eigenvalue weighted by atomic mass is 16.9. The maximum Gasteiger partial charge on any atom is 0.417 e. The Morgan fingerprint density at radius 2 is 1.95 bits per heavy atom. The number of anilines is 1. The zero-order valence-electron chi connectivity index (χ0n) is 11.0. The van der Waals surface area contributed by atoms with E-state index in [1.807, 2.05) is 6.07 Å². The molecule has 7 nitrogen and oxygen atoms in total. The van der Waals surface area contributed by atoms with Crippen LogP contribution >= 0.6 is 0 Å². The number of hydrogen-bond acceptors (Lipinski definition) is 6. The van der Waals surface area contributed by atoms with Crippen molar-refractivity contribution in [3.63, 3.8) is 0 Å². The van der Waals surface area contributed by atoms with Crippen molar-refractivity contribution in [2.45, 2.75) is 5.97 Å². The van der Waals surface area contributed by atoms with Crippen LogP contribution in [0.15, 0.2) is 47.4 Å². The standard InChI is InChI=1S/C13H14N2O5/c1-17-13(18-2,10-6-4-3-5-7-10)20-12(16)15-11-8-19-9-14-11/h3-9H,1-2H3,(H,15,16). The number of rotatable bonds is 5. The highest BCUT2D eigenvalue weighted by Crippen LogP contribution is 2.27. The predicted octanol–water partition coefficient (Wildman–Crippen LogP) is 2.33. The minimum absolute atomic E-state index is 0.226. The molecule has 0 saturated carbocycles. The van der Waals surface area contributed by atoms with Gasteiger partial charge < -0.3 is 18.6 Å². The average molecular weight is 278 g/mol. The van der Waals surface area contributed by atoms with E-state index in [-0.39, 0.29) is 5.82 Å². The Morgan fingerprint density at radius 1 is 1.25 bits per heavy atom. The molecule has 7 heteroatoms. The van der Waals surface area contributed by atoms with Gasteiger partial charge in [-0.3, -0.25) is 5.32 Å². The lowest BCUT2D eigenvalue weighted by Crippen LogP contribution is -2.38. The Morgan fingerprint density at radius 3 is 2.50 bits per heavy atom. The van der Waals surface area contributed by atoms with E-state index in [0.717, 1.165) is 0 Å². The fourth-order valence-electron chi connectivity index (χ4n) is 1.63. The quantitative estimate of drug-likeness (QED) is 0.845. The zero-order chi connectivity index (χ0) is 14.4. The van der Waals surface area contributed by atoms with Crippen molar-refractivity contribution in [1.29, 1.82) is 0 Å². The van der Waals surface area contributed by atoms with Crippen molar-refractivity contribution in [3.05, 3.63) is 48.6 Å². The number of benzene rings is 1. The van der Waals surface area contributed by atoms with Crippen molar-refractivity contribution in [2.75, 3.05) is 19.5 Å². The number of carbonyl (C=O) groups excluding carboxylic acids is 1. The summed E-state index contributed by atoms with van der Waals surface area (Å²) in [5.74, 6) is -1.40. The number of nitrogens with zero attached hydrogens (tertiary/aromatic N) is 1. The minimum Gasteiger partial charge on any atom is -0.449 e. The van der Waals surface area contributed by atoms with Gasteiger partial charge in [0, 0.05) is 14.2 Å². The van der Waals surface area contributed by atoms with E-state index in [9.17, 15) is 4.79 Å². The fourth-order valence-corrected chi connectivity index (χ4v) is 1.63. The molecule has 1 aromatic heterocycles. The molecule has 0 aliphatic carbocycles. The smallest absolute Gasteiger partial charge is 0.417 e. The van der Waals surface area contributed by atoms with Gasteiger partial charge in [-0.2, -0.15) is 4.98 Å². The summed E-state index contributed by atoms with van der Waals surface area (Å²) in [5.41, 5.74) is 0.542. The van der Waals surface area contributed by atoms with Gasteiger partial charge in [0.2, 0.25) is 0 Å². The number of carbonyl (C=O) groups is 1. The Kier molecular flexibility index (Phi) is 4.34. The third kappa shape index (κ3) is 2.95. The molecular formula is C13H14N2O5. The van der Waals surface area contributed by atoms with Crippen LogP contribution in [0.5, 0.6) is 0 Å². The number of nitrogens with one attached hydrogen (secondary N) is 1. The molecule has 106 valence electrons. The number of amides is 1. The van der Waals surface area contributed by atoms with Gasteiger partial charge in [-0.15, -0.1) is 0 Å². The Balaban J connectivity index is 2.15. The first-order chi connectivity index (χ1) is 9.70. The summed E-state index contributed by atoms with van der Waals surface area (Å²) >= 11 is 0. The first-order valence-electron chi connectivity index (χ1n) is 5.74. The lowest BCUT2D eigenvalue weighted by molar-refractivity contribution is -0.345. The number of methoxy groups -OCH3 is 2. The molecule has 1 heterocycles. The van der Waals surface area contributed by atoms with Gasteiger partial charge in [0.25, 0.3) is 0 Å². The predicted molar refractivity (Wildman–Crippen MR) is 68.7 cm³/mol. The van der Waals surface area contributed by atoms with Gasteiger partial charge in [0.05, 0.1) is 5.56 Å². The zero-order valence-corrected chi connectivity index (χ0v) is 11.0. The second-order valence-corrected chi connectivity index (χ2v) is 3.72. The molecule has 1 N–H and O–H groups in total. The van der Waals surface area contributed by atoms with Crippen LogP contribution in [-0.2, 0) is 20.2 Å². The van der Waals surface area contributed by atoms with Gasteiger partial charge in [-0.25, -0.2) is 4.79 Å². The lowest BCUT2D eigenvalue weighted by Gasteiger charge is -2.29. The molecule has 1 amide bonds. The molecule has 0 unspecified atom stereocenters. The van der Waals surface area contributed by atoms with Crippen LogP contribution < -0.4 is 5.32 Å². The van der Waals surface area contributed by atoms with Crippen molar-refractivity contribution in [1.82, 2.24) is 4.98 Å². The van der Waals surface area contributed by atoms with E-state index in [0.29, 0.717) is 5.56 Å². The first-order valence-corrected chi connectivity index (χ1v) is 5.74. The summed E-state index contributed by atoms with van der Waals surface area (Å²) in [7, 11) is 2.75. The van der Waals surface area contributed by atoms with Gasteiger partial charge >= 0.3 is 12.1 Å².